The van der Waals surface area contributed by atoms with Gasteiger partial charge in [0, 0.05) is 43.3 Å². The Bertz CT molecular complexity index is 1190. The first-order valence-electron chi connectivity index (χ1n) is 10.5. The number of nitrogens with zero attached hydrogens (tertiary/aromatic N) is 2. The fourth-order valence-electron chi connectivity index (χ4n) is 4.76. The molecule has 2 amide bonds. The highest BCUT2D eigenvalue weighted by Gasteiger charge is 2.58. The molecular formula is C25H22FN3O3. The maximum atomic E-state index is 13.5. The second kappa shape index (κ2) is 7.75. The Balaban J connectivity index is 1.58. The number of nitrogens with one attached hydrogen (secondary N) is 1. The Morgan fingerprint density at radius 2 is 1.78 bits per heavy atom. The van der Waals surface area contributed by atoms with E-state index in [1.54, 1.807) is 36.4 Å². The van der Waals surface area contributed by atoms with Gasteiger partial charge in [0.2, 0.25) is 0 Å². The normalized spacial score (nSPS) is 19.4. The second-order valence-corrected chi connectivity index (χ2v) is 8.09. The molecule has 0 radical (unpaired) electrons. The topological polar surface area (TPSA) is 71.5 Å². The number of halogens is 1. The summed E-state index contributed by atoms with van der Waals surface area (Å²) in [4.78, 5) is 33.0. The highest BCUT2D eigenvalue weighted by atomic mass is 19.1. The second-order valence-electron chi connectivity index (χ2n) is 8.09. The Morgan fingerprint density at radius 1 is 1.06 bits per heavy atom. The van der Waals surface area contributed by atoms with Crippen molar-refractivity contribution in [2.45, 2.75) is 24.9 Å². The summed E-state index contributed by atoms with van der Waals surface area (Å²) in [5.41, 5.74) is 2.49. The SMILES string of the molecule is COc1ccc(CN2C(=O)c3ccnc(Cc4ccc(F)cc4)c3C23CCNC3=O)cc1. The number of benzene rings is 2. The van der Waals surface area contributed by atoms with Gasteiger partial charge in [-0.2, -0.15) is 0 Å². The van der Waals surface area contributed by atoms with Crippen LogP contribution in [0.5, 0.6) is 5.75 Å². The monoisotopic (exact) mass is 431 g/mol. The lowest BCUT2D eigenvalue weighted by atomic mass is 9.85. The van der Waals surface area contributed by atoms with E-state index in [1.165, 1.54) is 12.1 Å². The predicted octanol–water partition coefficient (Wildman–Crippen LogP) is 3.19. The lowest BCUT2D eigenvalue weighted by Crippen LogP contribution is -2.49. The highest BCUT2D eigenvalue weighted by molar-refractivity contribution is 6.08. The maximum Gasteiger partial charge on any atom is 0.255 e. The minimum Gasteiger partial charge on any atom is -0.497 e. The van der Waals surface area contributed by atoms with E-state index in [1.807, 2.05) is 24.3 Å². The van der Waals surface area contributed by atoms with Crippen LogP contribution in [0.25, 0.3) is 0 Å². The molecular weight excluding hydrogens is 409 g/mol. The number of rotatable bonds is 5. The van der Waals surface area contributed by atoms with E-state index < -0.39 is 5.54 Å². The first-order chi connectivity index (χ1) is 15.5. The number of ether oxygens (including phenoxy) is 1. The third kappa shape index (κ3) is 3.12. The minimum absolute atomic E-state index is 0.185. The molecule has 1 N–H and O–H groups in total. The van der Waals surface area contributed by atoms with Gasteiger partial charge in [0.25, 0.3) is 11.8 Å². The van der Waals surface area contributed by atoms with Crippen LogP contribution in [0.2, 0.25) is 0 Å². The molecule has 32 heavy (non-hydrogen) atoms. The van der Waals surface area contributed by atoms with Gasteiger partial charge in [-0.3, -0.25) is 14.6 Å². The van der Waals surface area contributed by atoms with Crippen LogP contribution in [0.15, 0.2) is 60.8 Å². The molecule has 3 heterocycles. The van der Waals surface area contributed by atoms with Crippen LogP contribution in [-0.4, -0.2) is 35.4 Å². The minimum atomic E-state index is -1.10. The average molecular weight is 431 g/mol. The Morgan fingerprint density at radius 3 is 2.44 bits per heavy atom. The Hall–Kier alpha value is -3.74. The third-order valence-electron chi connectivity index (χ3n) is 6.31. The fourth-order valence-corrected chi connectivity index (χ4v) is 4.76. The number of hydrogen-bond acceptors (Lipinski definition) is 4. The van der Waals surface area contributed by atoms with Gasteiger partial charge in [-0.1, -0.05) is 24.3 Å². The number of amides is 2. The van der Waals surface area contributed by atoms with E-state index in [0.29, 0.717) is 42.8 Å². The average Bonchev–Trinajstić information content (AvgIpc) is 3.30. The van der Waals surface area contributed by atoms with E-state index in [4.69, 9.17) is 4.74 Å². The van der Waals surface area contributed by atoms with Crippen LogP contribution in [0, 0.1) is 5.82 Å². The van der Waals surface area contributed by atoms with Gasteiger partial charge in [0.15, 0.2) is 5.54 Å². The molecule has 1 atom stereocenters. The summed E-state index contributed by atoms with van der Waals surface area (Å²) in [7, 11) is 1.60. The van der Waals surface area contributed by atoms with Crippen LogP contribution in [-0.2, 0) is 23.3 Å². The van der Waals surface area contributed by atoms with Crippen molar-refractivity contribution in [3.63, 3.8) is 0 Å². The summed E-state index contributed by atoms with van der Waals surface area (Å²) in [6.07, 6.45) is 2.48. The van der Waals surface area contributed by atoms with Gasteiger partial charge in [-0.05, 0) is 41.5 Å². The van der Waals surface area contributed by atoms with Gasteiger partial charge in [-0.15, -0.1) is 0 Å². The van der Waals surface area contributed by atoms with Crippen molar-refractivity contribution in [1.82, 2.24) is 15.2 Å². The summed E-state index contributed by atoms with van der Waals surface area (Å²) in [5.74, 6) is 0.0402. The number of methoxy groups -OCH3 is 1. The van der Waals surface area contributed by atoms with Crippen molar-refractivity contribution in [1.29, 1.82) is 0 Å². The lowest BCUT2D eigenvalue weighted by molar-refractivity contribution is -0.129. The number of aromatic nitrogens is 1. The van der Waals surface area contributed by atoms with Gasteiger partial charge in [0.05, 0.1) is 12.8 Å². The van der Waals surface area contributed by atoms with Crippen molar-refractivity contribution >= 4 is 11.8 Å². The molecule has 1 unspecified atom stereocenters. The summed E-state index contributed by atoms with van der Waals surface area (Å²) < 4.78 is 18.6. The smallest absolute Gasteiger partial charge is 0.255 e. The Labute approximate surface area is 185 Å². The molecule has 5 rings (SSSR count). The molecule has 0 bridgehead atoms. The van der Waals surface area contributed by atoms with Crippen molar-refractivity contribution in [2.24, 2.45) is 0 Å². The van der Waals surface area contributed by atoms with Gasteiger partial charge >= 0.3 is 0 Å². The summed E-state index contributed by atoms with van der Waals surface area (Å²) in [6, 6.07) is 15.4. The molecule has 2 aromatic carbocycles. The standard InChI is InChI=1S/C25H22FN3O3/c1-32-19-8-4-17(5-9-19)15-29-23(30)20-10-12-27-21(14-16-2-6-18(26)7-3-16)22(20)25(29)11-13-28-24(25)31/h2-10,12H,11,13-15H2,1H3,(H,28,31). The van der Waals surface area contributed by atoms with Gasteiger partial charge < -0.3 is 15.0 Å². The van der Waals surface area contributed by atoms with E-state index in [9.17, 15) is 14.0 Å². The third-order valence-corrected chi connectivity index (χ3v) is 6.31. The molecule has 2 aliphatic rings. The molecule has 1 spiro atoms. The zero-order valence-electron chi connectivity index (χ0n) is 17.6. The molecule has 1 fully saturated rings. The maximum absolute atomic E-state index is 13.5. The quantitative estimate of drug-likeness (QED) is 0.674. The van der Waals surface area contributed by atoms with Crippen LogP contribution in [0.4, 0.5) is 4.39 Å². The van der Waals surface area contributed by atoms with Gasteiger partial charge in [-0.25, -0.2) is 4.39 Å². The van der Waals surface area contributed by atoms with E-state index in [2.05, 4.69) is 10.3 Å². The summed E-state index contributed by atoms with van der Waals surface area (Å²) in [5, 5.41) is 2.92. The van der Waals surface area contributed by atoms with Crippen molar-refractivity contribution in [3.05, 3.63) is 94.6 Å². The summed E-state index contributed by atoms with van der Waals surface area (Å²) >= 11 is 0. The van der Waals surface area contributed by atoms with E-state index in [0.717, 1.165) is 16.9 Å². The zero-order chi connectivity index (χ0) is 22.3. The van der Waals surface area contributed by atoms with Crippen LogP contribution < -0.4 is 10.1 Å². The van der Waals surface area contributed by atoms with Crippen molar-refractivity contribution in [3.8, 4) is 5.75 Å². The number of fused-ring (bicyclic) bond motifs is 2. The van der Waals surface area contributed by atoms with E-state index >= 15 is 0 Å². The first kappa shape index (κ1) is 20.2. The number of pyridine rings is 1. The van der Waals surface area contributed by atoms with Crippen molar-refractivity contribution < 1.29 is 18.7 Å². The first-order valence-corrected chi connectivity index (χ1v) is 10.5. The van der Waals surface area contributed by atoms with E-state index in [-0.39, 0.29) is 17.6 Å². The number of carbonyl (C=O) groups is 2. The van der Waals surface area contributed by atoms with Gasteiger partial charge in [0.1, 0.15) is 11.6 Å². The van der Waals surface area contributed by atoms with Crippen LogP contribution >= 0.6 is 0 Å². The van der Waals surface area contributed by atoms with Crippen molar-refractivity contribution in [2.75, 3.05) is 13.7 Å². The zero-order valence-corrected chi connectivity index (χ0v) is 17.6. The predicted molar refractivity (Wildman–Crippen MR) is 116 cm³/mol. The molecule has 0 aliphatic carbocycles. The van der Waals surface area contributed by atoms with Crippen LogP contribution in [0.3, 0.4) is 0 Å². The molecule has 0 saturated carbocycles. The molecule has 2 aliphatic heterocycles. The summed E-state index contributed by atoms with van der Waals surface area (Å²) in [6.45, 7) is 0.774. The Kier molecular flexibility index (Phi) is 4.89. The molecule has 1 saturated heterocycles. The number of carbonyl (C=O) groups excluding carboxylic acids is 2. The fraction of sp³-hybridized carbons (Fsp3) is 0.240. The molecule has 3 aromatic rings. The lowest BCUT2D eigenvalue weighted by Gasteiger charge is -2.34. The largest absolute Gasteiger partial charge is 0.497 e. The molecule has 1 aromatic heterocycles. The number of hydrogen-bond donors (Lipinski definition) is 1. The molecule has 7 heteroatoms. The molecule has 162 valence electrons. The molecule has 6 nitrogen and oxygen atoms in total. The highest BCUT2D eigenvalue weighted by Crippen LogP contribution is 2.46. The van der Waals surface area contributed by atoms with Crippen LogP contribution in [0.1, 0.15) is 39.2 Å².